The monoisotopic (exact) mass is 622 g/mol. The molecule has 2 heterocycles. The van der Waals surface area contributed by atoms with Crippen molar-refractivity contribution >= 4 is 54.1 Å². The summed E-state index contributed by atoms with van der Waals surface area (Å²) in [5.41, 5.74) is 10.9. The summed E-state index contributed by atoms with van der Waals surface area (Å²) in [6, 6.07) is 61.8. The van der Waals surface area contributed by atoms with Crippen LogP contribution in [0.1, 0.15) is 0 Å². The SMILES string of the molecule is c1ccc(-n2c3ccncc3c3cc(-c4ccc(-c5c6ccccc6c(-c6ccc7ccccc7c6)c6ccccc56)cc4)ccc32)cc1. The van der Waals surface area contributed by atoms with Crippen LogP contribution >= 0.6 is 0 Å². The van der Waals surface area contributed by atoms with Gasteiger partial charge >= 0.3 is 0 Å². The number of aromatic nitrogens is 2. The van der Waals surface area contributed by atoms with Crippen LogP contribution < -0.4 is 0 Å². The Morgan fingerprint density at radius 1 is 0.347 bits per heavy atom. The Morgan fingerprint density at radius 3 is 1.61 bits per heavy atom. The lowest BCUT2D eigenvalue weighted by molar-refractivity contribution is 1.17. The molecule has 228 valence electrons. The third-order valence-corrected chi connectivity index (χ3v) is 10.1. The van der Waals surface area contributed by atoms with E-state index in [2.05, 4.69) is 179 Å². The first-order chi connectivity index (χ1) is 24.3. The highest BCUT2D eigenvalue weighted by Gasteiger charge is 2.17. The van der Waals surface area contributed by atoms with Gasteiger partial charge in [0.1, 0.15) is 0 Å². The molecule has 0 fully saturated rings. The maximum absolute atomic E-state index is 4.49. The quantitative estimate of drug-likeness (QED) is 0.179. The number of hydrogen-bond acceptors (Lipinski definition) is 1. The Hall–Kier alpha value is -6.51. The second-order valence-corrected chi connectivity index (χ2v) is 12.8. The van der Waals surface area contributed by atoms with Crippen LogP contribution in [0.5, 0.6) is 0 Å². The van der Waals surface area contributed by atoms with E-state index in [9.17, 15) is 0 Å². The predicted octanol–water partition coefficient (Wildman–Crippen LogP) is 12.6. The standard InChI is InChI=1S/C47H30N2/c1-2-12-37(13-3-1)49-44-25-24-35(29-42(44)43-30-48-27-26-45(43)49)32-18-21-33(22-19-32)46-38-14-6-8-16-40(38)47(41-17-9-7-15-39(41)46)36-23-20-31-10-4-5-11-34(31)28-36/h1-30H. The molecule has 0 saturated heterocycles. The Bertz CT molecular complexity index is 2800. The largest absolute Gasteiger partial charge is 0.309 e. The number of benzene rings is 8. The molecule has 0 atom stereocenters. The summed E-state index contributed by atoms with van der Waals surface area (Å²) >= 11 is 0. The normalized spacial score (nSPS) is 11.7. The Balaban J connectivity index is 1.12. The third kappa shape index (κ3) is 4.38. The van der Waals surface area contributed by atoms with E-state index in [1.54, 1.807) is 0 Å². The van der Waals surface area contributed by atoms with Gasteiger partial charge in [-0.15, -0.1) is 0 Å². The summed E-state index contributed by atoms with van der Waals surface area (Å²) in [4.78, 5) is 4.49. The molecule has 0 aliphatic carbocycles. The highest BCUT2D eigenvalue weighted by molar-refractivity contribution is 6.21. The molecule has 0 saturated carbocycles. The van der Waals surface area contributed by atoms with Crippen LogP contribution in [0.3, 0.4) is 0 Å². The summed E-state index contributed by atoms with van der Waals surface area (Å²) in [6.45, 7) is 0. The second-order valence-electron chi connectivity index (χ2n) is 12.8. The van der Waals surface area contributed by atoms with Gasteiger partial charge in [-0.1, -0.05) is 133 Å². The van der Waals surface area contributed by atoms with Gasteiger partial charge in [-0.25, -0.2) is 0 Å². The maximum atomic E-state index is 4.49. The first kappa shape index (κ1) is 27.6. The van der Waals surface area contributed by atoms with E-state index in [0.717, 1.165) is 16.6 Å². The highest BCUT2D eigenvalue weighted by atomic mass is 15.0. The first-order valence-electron chi connectivity index (χ1n) is 16.8. The zero-order chi connectivity index (χ0) is 32.3. The van der Waals surface area contributed by atoms with Crippen molar-refractivity contribution in [1.29, 1.82) is 0 Å². The summed E-state index contributed by atoms with van der Waals surface area (Å²) in [6.07, 6.45) is 3.86. The molecule has 10 rings (SSSR count). The molecule has 0 amide bonds. The molecular weight excluding hydrogens is 593 g/mol. The lowest BCUT2D eigenvalue weighted by Crippen LogP contribution is -1.93. The summed E-state index contributed by atoms with van der Waals surface area (Å²) < 4.78 is 2.33. The summed E-state index contributed by atoms with van der Waals surface area (Å²) in [5, 5.41) is 9.94. The van der Waals surface area contributed by atoms with Crippen molar-refractivity contribution < 1.29 is 0 Å². The van der Waals surface area contributed by atoms with Gasteiger partial charge in [-0.3, -0.25) is 4.98 Å². The van der Waals surface area contributed by atoms with E-state index in [-0.39, 0.29) is 0 Å². The molecular formula is C47H30N2. The van der Waals surface area contributed by atoms with Crippen molar-refractivity contribution in [2.24, 2.45) is 0 Å². The van der Waals surface area contributed by atoms with Crippen molar-refractivity contribution in [2.75, 3.05) is 0 Å². The van der Waals surface area contributed by atoms with Gasteiger partial charge in [0.25, 0.3) is 0 Å². The average molecular weight is 623 g/mol. The zero-order valence-electron chi connectivity index (χ0n) is 26.7. The first-order valence-corrected chi connectivity index (χ1v) is 16.8. The highest BCUT2D eigenvalue weighted by Crippen LogP contribution is 2.44. The topological polar surface area (TPSA) is 17.8 Å². The van der Waals surface area contributed by atoms with E-state index >= 15 is 0 Å². The van der Waals surface area contributed by atoms with Gasteiger partial charge in [0.2, 0.25) is 0 Å². The van der Waals surface area contributed by atoms with E-state index in [4.69, 9.17) is 0 Å². The summed E-state index contributed by atoms with van der Waals surface area (Å²) in [7, 11) is 0. The van der Waals surface area contributed by atoms with Crippen LogP contribution in [0, 0.1) is 0 Å². The fourth-order valence-corrected chi connectivity index (χ4v) is 7.83. The van der Waals surface area contributed by atoms with E-state index in [0.29, 0.717) is 0 Å². The molecule has 49 heavy (non-hydrogen) atoms. The van der Waals surface area contributed by atoms with Gasteiger partial charge in [-0.2, -0.15) is 0 Å². The fraction of sp³-hybridized carbons (Fsp3) is 0. The Kier molecular flexibility index (Phi) is 6.22. The lowest BCUT2D eigenvalue weighted by Gasteiger charge is -2.18. The van der Waals surface area contributed by atoms with E-state index in [1.165, 1.54) is 76.6 Å². The minimum Gasteiger partial charge on any atom is -0.309 e. The Morgan fingerprint density at radius 2 is 0.898 bits per heavy atom. The van der Waals surface area contributed by atoms with Crippen molar-refractivity contribution in [2.45, 2.75) is 0 Å². The molecule has 2 heteroatoms. The van der Waals surface area contributed by atoms with Crippen molar-refractivity contribution in [3.63, 3.8) is 0 Å². The molecule has 0 unspecified atom stereocenters. The maximum Gasteiger partial charge on any atom is 0.0571 e. The van der Waals surface area contributed by atoms with E-state index in [1.807, 2.05) is 12.4 Å². The molecule has 0 radical (unpaired) electrons. The van der Waals surface area contributed by atoms with Crippen LogP contribution in [0.15, 0.2) is 182 Å². The van der Waals surface area contributed by atoms with Crippen molar-refractivity contribution in [3.05, 3.63) is 182 Å². The molecule has 0 N–H and O–H groups in total. The van der Waals surface area contributed by atoms with Crippen LogP contribution in [0.25, 0.3) is 93.2 Å². The van der Waals surface area contributed by atoms with E-state index < -0.39 is 0 Å². The van der Waals surface area contributed by atoms with Gasteiger partial charge in [0.15, 0.2) is 0 Å². The number of nitrogens with zero attached hydrogens (tertiary/aromatic N) is 2. The molecule has 10 aromatic rings. The Labute approximate surface area is 284 Å². The van der Waals surface area contributed by atoms with Crippen LogP contribution in [0.2, 0.25) is 0 Å². The van der Waals surface area contributed by atoms with Crippen LogP contribution in [-0.2, 0) is 0 Å². The minimum atomic E-state index is 1.15. The zero-order valence-corrected chi connectivity index (χ0v) is 26.7. The molecule has 0 aliphatic rings. The predicted molar refractivity (Wildman–Crippen MR) is 207 cm³/mol. The van der Waals surface area contributed by atoms with Crippen LogP contribution in [0.4, 0.5) is 0 Å². The van der Waals surface area contributed by atoms with Gasteiger partial charge in [-0.05, 0) is 102 Å². The number of hydrogen-bond donors (Lipinski definition) is 0. The minimum absolute atomic E-state index is 1.15. The molecule has 0 bridgehead atoms. The van der Waals surface area contributed by atoms with Gasteiger partial charge in [0, 0.05) is 28.9 Å². The lowest BCUT2D eigenvalue weighted by atomic mass is 9.85. The molecule has 2 aromatic heterocycles. The van der Waals surface area contributed by atoms with Crippen molar-refractivity contribution in [3.8, 4) is 39.1 Å². The number of fused-ring (bicyclic) bond motifs is 6. The average Bonchev–Trinajstić information content (AvgIpc) is 3.51. The number of para-hydroxylation sites is 1. The summed E-state index contributed by atoms with van der Waals surface area (Å²) in [5.74, 6) is 0. The number of rotatable bonds is 4. The third-order valence-electron chi connectivity index (χ3n) is 10.1. The number of pyridine rings is 1. The smallest absolute Gasteiger partial charge is 0.0571 e. The molecule has 0 spiro atoms. The van der Waals surface area contributed by atoms with Gasteiger partial charge < -0.3 is 4.57 Å². The fourth-order valence-electron chi connectivity index (χ4n) is 7.83. The second kappa shape index (κ2) is 11.0. The molecule has 8 aromatic carbocycles. The van der Waals surface area contributed by atoms with Gasteiger partial charge in [0.05, 0.1) is 11.0 Å². The molecule has 2 nitrogen and oxygen atoms in total. The van der Waals surface area contributed by atoms with Crippen LogP contribution in [-0.4, -0.2) is 9.55 Å². The molecule has 0 aliphatic heterocycles. The van der Waals surface area contributed by atoms with Crippen molar-refractivity contribution in [1.82, 2.24) is 9.55 Å².